The zero-order valence-corrected chi connectivity index (χ0v) is 16.2. The van der Waals surface area contributed by atoms with Crippen LogP contribution in [0.3, 0.4) is 0 Å². The average Bonchev–Trinajstić information content (AvgIpc) is 2.72. The number of hydrogen-bond donors (Lipinski definition) is 1. The Morgan fingerprint density at radius 2 is 1.71 bits per heavy atom. The van der Waals surface area contributed by atoms with E-state index in [1.54, 1.807) is 24.5 Å². The second kappa shape index (κ2) is 9.24. The monoisotopic (exact) mass is 411 g/mol. The smallest absolute Gasteiger partial charge is 0.341 e. The first-order valence-electron chi connectivity index (χ1n) is 9.08. The lowest BCUT2D eigenvalue weighted by molar-refractivity contribution is 0.235. The summed E-state index contributed by atoms with van der Waals surface area (Å²) in [4.78, 5) is 12.6. The van der Waals surface area contributed by atoms with Crippen molar-refractivity contribution in [1.82, 2.24) is 14.9 Å². The molecule has 1 fully saturated rings. The Kier molecular flexibility index (Phi) is 6.74. The fourth-order valence-corrected chi connectivity index (χ4v) is 4.02. The molecule has 2 aromatic rings. The molecule has 0 spiro atoms. The largest absolute Gasteiger partial charge is 0.384 e. The number of alkyl halides is 2. The number of para-hydroxylation sites is 1. The summed E-state index contributed by atoms with van der Waals surface area (Å²) in [5.74, 6) is -2.69. The zero-order valence-electron chi connectivity index (χ0n) is 15.3. The molecule has 0 amide bonds. The van der Waals surface area contributed by atoms with Crippen LogP contribution in [0, 0.1) is 0 Å². The van der Waals surface area contributed by atoms with E-state index in [0.29, 0.717) is 6.54 Å². The Morgan fingerprint density at radius 1 is 1.04 bits per heavy atom. The van der Waals surface area contributed by atoms with Crippen LogP contribution in [-0.4, -0.2) is 68.3 Å². The van der Waals surface area contributed by atoms with Gasteiger partial charge < -0.3 is 10.2 Å². The van der Waals surface area contributed by atoms with Crippen LogP contribution in [0.4, 0.5) is 20.4 Å². The first-order chi connectivity index (χ1) is 13.5. The third-order valence-corrected chi connectivity index (χ3v) is 6.04. The first kappa shape index (κ1) is 20.4. The van der Waals surface area contributed by atoms with E-state index >= 15 is 0 Å². The molecular formula is C18H23F2N5O2S. The van der Waals surface area contributed by atoms with Crippen molar-refractivity contribution in [1.29, 1.82) is 0 Å². The molecule has 1 aliphatic heterocycles. The Balaban J connectivity index is 1.45. The van der Waals surface area contributed by atoms with Crippen LogP contribution in [0.25, 0.3) is 0 Å². The lowest BCUT2D eigenvalue weighted by atomic mass is 10.2. The van der Waals surface area contributed by atoms with Gasteiger partial charge in [0.1, 0.15) is 0 Å². The SMILES string of the molecule is O=S(=O)(c1ccccc1NCCCN1CCN(c2ncccn2)CC1)C(F)F. The number of nitrogens with zero attached hydrogens (tertiary/aromatic N) is 4. The number of nitrogens with one attached hydrogen (secondary N) is 1. The summed E-state index contributed by atoms with van der Waals surface area (Å²) >= 11 is 0. The molecule has 1 aromatic heterocycles. The van der Waals surface area contributed by atoms with E-state index in [-0.39, 0.29) is 10.6 Å². The molecule has 1 saturated heterocycles. The predicted octanol–water partition coefficient (Wildman–Crippen LogP) is 2.10. The van der Waals surface area contributed by atoms with Gasteiger partial charge in [0.25, 0.3) is 0 Å². The van der Waals surface area contributed by atoms with Crippen LogP contribution >= 0.6 is 0 Å². The first-order valence-corrected chi connectivity index (χ1v) is 10.6. The van der Waals surface area contributed by atoms with Gasteiger partial charge in [0.2, 0.25) is 15.8 Å². The van der Waals surface area contributed by atoms with Crippen molar-refractivity contribution in [2.75, 3.05) is 49.5 Å². The fourth-order valence-electron chi connectivity index (χ4n) is 3.11. The molecule has 7 nitrogen and oxygen atoms in total. The number of piperazine rings is 1. The highest BCUT2D eigenvalue weighted by Gasteiger charge is 2.28. The number of hydrogen-bond acceptors (Lipinski definition) is 7. The van der Waals surface area contributed by atoms with E-state index in [0.717, 1.165) is 45.1 Å². The van der Waals surface area contributed by atoms with Gasteiger partial charge in [-0.1, -0.05) is 12.1 Å². The zero-order chi connectivity index (χ0) is 20.0. The molecule has 1 N–H and O–H groups in total. The number of aromatic nitrogens is 2. The van der Waals surface area contributed by atoms with E-state index in [1.807, 2.05) is 0 Å². The molecule has 2 heterocycles. The minimum absolute atomic E-state index is 0.217. The Bertz CT molecular complexity index is 859. The van der Waals surface area contributed by atoms with Crippen molar-refractivity contribution in [3.63, 3.8) is 0 Å². The summed E-state index contributed by atoms with van der Waals surface area (Å²) in [5.41, 5.74) is 0.217. The van der Waals surface area contributed by atoms with Crippen LogP contribution in [-0.2, 0) is 9.84 Å². The molecule has 3 rings (SSSR count). The van der Waals surface area contributed by atoms with Gasteiger partial charge in [-0.05, 0) is 31.2 Å². The van der Waals surface area contributed by atoms with Gasteiger partial charge in [-0.25, -0.2) is 18.4 Å². The minimum Gasteiger partial charge on any atom is -0.384 e. The average molecular weight is 411 g/mol. The number of sulfone groups is 1. The summed E-state index contributed by atoms with van der Waals surface area (Å²) in [7, 11) is -4.62. The topological polar surface area (TPSA) is 78.4 Å². The van der Waals surface area contributed by atoms with Crippen molar-refractivity contribution in [2.24, 2.45) is 0 Å². The number of rotatable bonds is 8. The summed E-state index contributed by atoms with van der Waals surface area (Å²) in [6, 6.07) is 7.56. The normalized spacial score (nSPS) is 15.8. The van der Waals surface area contributed by atoms with Gasteiger partial charge in [0.15, 0.2) is 0 Å². The van der Waals surface area contributed by atoms with Crippen molar-refractivity contribution in [3.8, 4) is 0 Å². The number of anilines is 2. The minimum atomic E-state index is -4.62. The third-order valence-electron chi connectivity index (χ3n) is 4.60. The van der Waals surface area contributed by atoms with E-state index in [4.69, 9.17) is 0 Å². The molecular weight excluding hydrogens is 388 g/mol. The molecule has 0 bridgehead atoms. The van der Waals surface area contributed by atoms with E-state index in [1.165, 1.54) is 18.2 Å². The summed E-state index contributed by atoms with van der Waals surface area (Å²) in [6.07, 6.45) is 4.23. The van der Waals surface area contributed by atoms with Crippen LogP contribution in [0.2, 0.25) is 0 Å². The molecule has 10 heteroatoms. The van der Waals surface area contributed by atoms with Crippen molar-refractivity contribution < 1.29 is 17.2 Å². The van der Waals surface area contributed by atoms with E-state index < -0.39 is 15.6 Å². The fraction of sp³-hybridized carbons (Fsp3) is 0.444. The molecule has 1 aliphatic rings. The maximum Gasteiger partial charge on any atom is 0.341 e. The van der Waals surface area contributed by atoms with Gasteiger partial charge >= 0.3 is 5.76 Å². The second-order valence-corrected chi connectivity index (χ2v) is 8.35. The standard InChI is InChI=1S/C18H23F2N5O2S/c19-17(20)28(26,27)16-6-2-1-5-15(16)21-9-4-10-24-11-13-25(14-12-24)18-22-7-3-8-23-18/h1-3,5-8,17,21H,4,9-14H2. The molecule has 0 aliphatic carbocycles. The number of benzene rings is 1. The van der Waals surface area contributed by atoms with E-state index in [9.17, 15) is 17.2 Å². The Labute approximate surface area is 163 Å². The molecule has 152 valence electrons. The van der Waals surface area contributed by atoms with Gasteiger partial charge in [-0.15, -0.1) is 0 Å². The van der Waals surface area contributed by atoms with Crippen LogP contribution in [0.15, 0.2) is 47.6 Å². The van der Waals surface area contributed by atoms with Crippen LogP contribution < -0.4 is 10.2 Å². The maximum atomic E-state index is 12.8. The highest BCUT2D eigenvalue weighted by atomic mass is 32.2. The second-order valence-electron chi connectivity index (χ2n) is 6.46. The van der Waals surface area contributed by atoms with E-state index in [2.05, 4.69) is 25.1 Å². The van der Waals surface area contributed by atoms with Gasteiger partial charge in [-0.2, -0.15) is 8.78 Å². The molecule has 28 heavy (non-hydrogen) atoms. The summed E-state index contributed by atoms with van der Waals surface area (Å²) < 4.78 is 49.2. The van der Waals surface area contributed by atoms with Gasteiger partial charge in [0.05, 0.1) is 10.6 Å². The quantitative estimate of drug-likeness (QED) is 0.667. The van der Waals surface area contributed by atoms with Crippen LogP contribution in [0.1, 0.15) is 6.42 Å². The lowest BCUT2D eigenvalue weighted by Crippen LogP contribution is -2.47. The molecule has 1 aromatic carbocycles. The molecule has 0 unspecified atom stereocenters. The molecule has 0 radical (unpaired) electrons. The predicted molar refractivity (Wildman–Crippen MR) is 103 cm³/mol. The summed E-state index contributed by atoms with van der Waals surface area (Å²) in [5, 5.41) is 2.98. The number of halogens is 2. The van der Waals surface area contributed by atoms with Gasteiger partial charge in [-0.3, -0.25) is 4.90 Å². The van der Waals surface area contributed by atoms with Crippen molar-refractivity contribution >= 4 is 21.5 Å². The summed E-state index contributed by atoms with van der Waals surface area (Å²) in [6.45, 7) is 4.78. The van der Waals surface area contributed by atoms with Crippen molar-refractivity contribution in [2.45, 2.75) is 17.1 Å². The molecule has 0 atom stereocenters. The van der Waals surface area contributed by atoms with Crippen LogP contribution in [0.5, 0.6) is 0 Å². The highest BCUT2D eigenvalue weighted by molar-refractivity contribution is 7.91. The maximum absolute atomic E-state index is 12.8. The Morgan fingerprint density at radius 3 is 2.39 bits per heavy atom. The Hall–Kier alpha value is -2.33. The third kappa shape index (κ3) is 4.93. The molecule has 0 saturated carbocycles. The lowest BCUT2D eigenvalue weighted by Gasteiger charge is -2.34. The highest BCUT2D eigenvalue weighted by Crippen LogP contribution is 2.26. The van der Waals surface area contributed by atoms with Gasteiger partial charge in [0, 0.05) is 45.1 Å². The van der Waals surface area contributed by atoms with Crippen molar-refractivity contribution in [3.05, 3.63) is 42.7 Å².